The molecule has 0 radical (unpaired) electrons. The topological polar surface area (TPSA) is 0 Å². The Hall–Kier alpha value is -9.36. The molecule has 0 amide bonds. The van der Waals surface area contributed by atoms with Gasteiger partial charge in [-0.3, -0.25) is 0 Å². The lowest BCUT2D eigenvalue weighted by Crippen LogP contribution is -1.89. The van der Waals surface area contributed by atoms with E-state index in [1.807, 2.05) is 0 Å². The van der Waals surface area contributed by atoms with Gasteiger partial charge >= 0.3 is 0 Å². The second-order valence-corrected chi connectivity index (χ2v) is 24.0. The molecule has 0 fully saturated rings. The summed E-state index contributed by atoms with van der Waals surface area (Å²) in [5.41, 5.74) is 21.6. The Labute approximate surface area is 520 Å². The zero-order chi connectivity index (χ0) is 62.0. The summed E-state index contributed by atoms with van der Waals surface area (Å²) in [4.78, 5) is 0. The molecule has 14 rings (SSSR count). The molecular formula is C87H88. The molecule has 0 heteroatoms. The third-order valence-electron chi connectivity index (χ3n) is 16.1. The van der Waals surface area contributed by atoms with E-state index in [0.29, 0.717) is 0 Å². The molecule has 0 atom stereocenters. The second kappa shape index (κ2) is 30.6. The van der Waals surface area contributed by atoms with Crippen molar-refractivity contribution in [3.8, 4) is 0 Å². The molecule has 14 aromatic rings. The third-order valence-corrected chi connectivity index (χ3v) is 16.1. The second-order valence-electron chi connectivity index (χ2n) is 24.0. The van der Waals surface area contributed by atoms with Crippen molar-refractivity contribution >= 4 is 64.6 Å². The Balaban J connectivity index is 0.000000134. The molecule has 0 aliphatic heterocycles. The van der Waals surface area contributed by atoms with Crippen LogP contribution in [0.5, 0.6) is 0 Å². The fourth-order valence-electron chi connectivity index (χ4n) is 11.1. The van der Waals surface area contributed by atoms with Crippen molar-refractivity contribution in [2.75, 3.05) is 0 Å². The van der Waals surface area contributed by atoms with Crippen molar-refractivity contribution in [2.45, 2.75) is 103 Å². The van der Waals surface area contributed by atoms with Crippen LogP contribution < -0.4 is 0 Å². The van der Waals surface area contributed by atoms with Gasteiger partial charge in [0.25, 0.3) is 0 Å². The molecule has 0 unspecified atom stereocenters. The highest BCUT2D eigenvalue weighted by Gasteiger charge is 2.04. The van der Waals surface area contributed by atoms with Crippen LogP contribution in [0.3, 0.4) is 0 Å². The van der Waals surface area contributed by atoms with Gasteiger partial charge in [0.1, 0.15) is 0 Å². The fraction of sp³-hybridized carbons (Fsp3) is 0.172. The van der Waals surface area contributed by atoms with E-state index in [1.165, 1.54) is 154 Å². The average Bonchev–Trinajstić information content (AvgIpc) is 1.62. The van der Waals surface area contributed by atoms with Crippen LogP contribution >= 0.6 is 0 Å². The van der Waals surface area contributed by atoms with Crippen LogP contribution in [-0.2, 0) is 6.42 Å². The smallest absolute Gasteiger partial charge is 0.00256 e. The van der Waals surface area contributed by atoms with Gasteiger partial charge in [0.05, 0.1) is 0 Å². The third kappa shape index (κ3) is 18.6. The maximum atomic E-state index is 2.30. The highest BCUT2D eigenvalue weighted by molar-refractivity contribution is 6.01. The summed E-state index contributed by atoms with van der Waals surface area (Å²) in [7, 11) is 0. The molecule has 14 aromatic carbocycles. The van der Waals surface area contributed by atoms with Crippen molar-refractivity contribution < 1.29 is 0 Å². The van der Waals surface area contributed by atoms with E-state index in [2.05, 4.69) is 364 Å². The Morgan fingerprint density at radius 2 is 0.448 bits per heavy atom. The Morgan fingerprint density at radius 3 is 0.805 bits per heavy atom. The van der Waals surface area contributed by atoms with Crippen molar-refractivity contribution in [3.63, 3.8) is 0 Å². The van der Waals surface area contributed by atoms with E-state index in [4.69, 9.17) is 0 Å². The maximum absolute atomic E-state index is 2.30. The molecule has 0 aliphatic rings. The average molecular weight is 1130 g/mol. The van der Waals surface area contributed by atoms with Crippen LogP contribution in [0.2, 0.25) is 0 Å². The van der Waals surface area contributed by atoms with Crippen LogP contribution in [-0.4, -0.2) is 0 Å². The van der Waals surface area contributed by atoms with Crippen molar-refractivity contribution in [3.05, 3.63) is 356 Å². The summed E-state index contributed by atoms with van der Waals surface area (Å²) in [5, 5.41) is 16.1. The largest absolute Gasteiger partial charge is 0.0620 e. The molecule has 0 bridgehead atoms. The van der Waals surface area contributed by atoms with Crippen LogP contribution in [0.4, 0.5) is 0 Å². The lowest BCUT2D eigenvalue weighted by atomic mass is 9.98. The zero-order valence-corrected chi connectivity index (χ0v) is 54.1. The molecule has 87 heavy (non-hydrogen) atoms. The first-order valence-corrected chi connectivity index (χ1v) is 30.7. The molecule has 0 N–H and O–H groups in total. The molecule has 0 saturated carbocycles. The van der Waals surface area contributed by atoms with E-state index < -0.39 is 0 Å². The van der Waals surface area contributed by atoms with E-state index in [0.717, 1.165) is 6.42 Å². The predicted octanol–water partition coefficient (Wildman–Crippen LogP) is 24.6. The molecule has 0 aliphatic carbocycles. The van der Waals surface area contributed by atoms with Gasteiger partial charge in [-0.1, -0.05) is 287 Å². The van der Waals surface area contributed by atoms with E-state index in [9.17, 15) is 0 Å². The molecule has 0 heterocycles. The summed E-state index contributed by atoms with van der Waals surface area (Å²) in [5.74, 6) is 0. The number of benzene rings is 14. The first-order chi connectivity index (χ1) is 41.8. The van der Waals surface area contributed by atoms with Crippen LogP contribution in [0.1, 0.15) is 89.0 Å². The summed E-state index contributed by atoms with van der Waals surface area (Å²) in [6, 6.07) is 95.6. The van der Waals surface area contributed by atoms with Gasteiger partial charge in [0.2, 0.25) is 0 Å². The number of rotatable bonds is 2. The van der Waals surface area contributed by atoms with Gasteiger partial charge in [0.15, 0.2) is 0 Å². The first-order valence-electron chi connectivity index (χ1n) is 30.7. The number of hydrogen-bond acceptors (Lipinski definition) is 0. The van der Waals surface area contributed by atoms with Gasteiger partial charge in [-0.25, -0.2) is 0 Å². The standard InChI is InChI=1S/2C16H14.C15H16.2C12H12.2C8H10/c1-11-3-5-13-9-14-6-4-12(2)8-16(14)10-15(13)7-11;1-11-5-3-7-13-10-16-12(2)6-4-8-14(16)9-15(11)13;1-12-5-3-7-14(9-12)11-15-8-4-6-13(2)10-15;1-9-3-5-11-6-4-10(2)8-12(11)7-9;1-9-5-3-8-12-10(2)6-4-7-11(9)12;1-7-4-3-5-8(2)6-7;1-7-5-3-4-6-8(7)2/h2*3-10H,1-2H3;3-10H,11H2,1-2H3;2*3-8H,1-2H3;2*3-6H,1-2H3. The zero-order valence-electron chi connectivity index (χ0n) is 54.1. The van der Waals surface area contributed by atoms with Gasteiger partial charge in [0, 0.05) is 0 Å². The normalized spacial score (nSPS) is 10.5. The van der Waals surface area contributed by atoms with E-state index >= 15 is 0 Å². The molecule has 0 nitrogen and oxygen atoms in total. The highest BCUT2D eigenvalue weighted by Crippen LogP contribution is 2.28. The lowest BCUT2D eigenvalue weighted by Gasteiger charge is -2.06. The summed E-state index contributed by atoms with van der Waals surface area (Å²) in [6.45, 7) is 29.9. The Bertz CT molecular complexity index is 4310. The Morgan fingerprint density at radius 1 is 0.161 bits per heavy atom. The van der Waals surface area contributed by atoms with Gasteiger partial charge in [-0.15, -0.1) is 0 Å². The summed E-state index contributed by atoms with van der Waals surface area (Å²) < 4.78 is 0. The summed E-state index contributed by atoms with van der Waals surface area (Å²) >= 11 is 0. The SMILES string of the molecule is Cc1ccc2cc3ccc(C)cc3cc2c1.Cc1ccc2ccc(C)cc2c1.Cc1cccc(C)c1.Cc1cccc(Cc2cccc(C)c2)c1.Cc1cccc2c(C)cccc12.Cc1cccc2cc3c(C)cccc3cc12.Cc1ccccc1C. The van der Waals surface area contributed by atoms with Gasteiger partial charge < -0.3 is 0 Å². The molecular weight excluding hydrogens is 1040 g/mol. The number of aryl methyl sites for hydroxylation is 14. The van der Waals surface area contributed by atoms with Crippen molar-refractivity contribution in [1.82, 2.24) is 0 Å². The molecule has 0 aromatic heterocycles. The minimum atomic E-state index is 1.03. The van der Waals surface area contributed by atoms with Crippen molar-refractivity contribution in [1.29, 1.82) is 0 Å². The first kappa shape index (κ1) is 63.7. The highest BCUT2D eigenvalue weighted by atomic mass is 14.1. The monoisotopic (exact) mass is 1130 g/mol. The Kier molecular flexibility index (Phi) is 22.4. The quantitative estimate of drug-likeness (QED) is 0.151. The summed E-state index contributed by atoms with van der Waals surface area (Å²) in [6.07, 6.45) is 1.03. The predicted molar refractivity (Wildman–Crippen MR) is 386 cm³/mol. The molecule has 0 spiro atoms. The fourth-order valence-corrected chi connectivity index (χ4v) is 11.1. The van der Waals surface area contributed by atoms with Crippen LogP contribution in [0, 0.1) is 96.9 Å². The lowest BCUT2D eigenvalue weighted by molar-refractivity contribution is 1.17. The van der Waals surface area contributed by atoms with E-state index in [1.54, 1.807) is 0 Å². The van der Waals surface area contributed by atoms with Crippen LogP contribution in [0.15, 0.2) is 267 Å². The number of hydrogen-bond donors (Lipinski definition) is 0. The molecule has 0 saturated heterocycles. The van der Waals surface area contributed by atoms with Crippen molar-refractivity contribution in [2.24, 2.45) is 0 Å². The maximum Gasteiger partial charge on any atom is -0.00256 e. The minimum absolute atomic E-state index is 1.03. The van der Waals surface area contributed by atoms with Gasteiger partial charge in [-0.2, -0.15) is 0 Å². The van der Waals surface area contributed by atoms with E-state index in [-0.39, 0.29) is 0 Å². The van der Waals surface area contributed by atoms with Gasteiger partial charge in [-0.05, 0) is 237 Å². The van der Waals surface area contributed by atoms with Crippen LogP contribution in [0.25, 0.3) is 64.6 Å². The minimum Gasteiger partial charge on any atom is -0.0620 e. The number of fused-ring (bicyclic) bond motifs is 6. The molecule has 436 valence electrons.